The largest absolute Gasteiger partial charge is 0.321 e. The van der Waals surface area contributed by atoms with Gasteiger partial charge in [-0.3, -0.25) is 0 Å². The SMILES string of the molecule is Cc1cccc([C@H](C)NCc2ncc(Cl)n2C)c1. The number of nitrogens with one attached hydrogen (secondary N) is 1. The second-order valence-corrected chi connectivity index (χ2v) is 4.96. The number of aromatic nitrogens is 2. The Morgan fingerprint density at radius 1 is 1.44 bits per heavy atom. The van der Waals surface area contributed by atoms with Crippen LogP contribution in [0.15, 0.2) is 30.5 Å². The number of hydrogen-bond donors (Lipinski definition) is 1. The second-order valence-electron chi connectivity index (χ2n) is 4.57. The molecule has 96 valence electrons. The fourth-order valence-corrected chi connectivity index (χ4v) is 2.04. The van der Waals surface area contributed by atoms with Gasteiger partial charge in [-0.15, -0.1) is 0 Å². The first-order valence-corrected chi connectivity index (χ1v) is 6.42. The van der Waals surface area contributed by atoms with E-state index in [1.165, 1.54) is 11.1 Å². The molecule has 0 radical (unpaired) electrons. The molecular weight excluding hydrogens is 246 g/mol. The van der Waals surface area contributed by atoms with Crippen LogP contribution in [0.2, 0.25) is 5.15 Å². The molecular formula is C14H18ClN3. The quantitative estimate of drug-likeness (QED) is 0.918. The molecule has 2 aromatic rings. The molecule has 0 aliphatic heterocycles. The lowest BCUT2D eigenvalue weighted by Crippen LogP contribution is -2.20. The van der Waals surface area contributed by atoms with E-state index in [0.29, 0.717) is 17.7 Å². The van der Waals surface area contributed by atoms with Gasteiger partial charge in [0.1, 0.15) is 11.0 Å². The van der Waals surface area contributed by atoms with Crippen molar-refractivity contribution in [2.24, 2.45) is 7.05 Å². The maximum atomic E-state index is 5.96. The maximum absolute atomic E-state index is 5.96. The number of hydrogen-bond acceptors (Lipinski definition) is 2. The van der Waals surface area contributed by atoms with Gasteiger partial charge in [0, 0.05) is 13.1 Å². The molecule has 0 saturated carbocycles. The Bertz CT molecular complexity index is 534. The van der Waals surface area contributed by atoms with Gasteiger partial charge in [-0.05, 0) is 19.4 Å². The van der Waals surface area contributed by atoms with Crippen molar-refractivity contribution in [1.82, 2.24) is 14.9 Å². The molecule has 18 heavy (non-hydrogen) atoms. The summed E-state index contributed by atoms with van der Waals surface area (Å²) in [6.07, 6.45) is 1.68. The zero-order chi connectivity index (χ0) is 13.1. The minimum absolute atomic E-state index is 0.292. The van der Waals surface area contributed by atoms with Crippen LogP contribution in [0.3, 0.4) is 0 Å². The molecule has 3 nitrogen and oxygen atoms in total. The topological polar surface area (TPSA) is 29.9 Å². The van der Waals surface area contributed by atoms with E-state index in [1.807, 2.05) is 11.6 Å². The van der Waals surface area contributed by atoms with Gasteiger partial charge in [0.25, 0.3) is 0 Å². The molecule has 4 heteroatoms. The zero-order valence-corrected chi connectivity index (χ0v) is 11.7. The highest BCUT2D eigenvalue weighted by Crippen LogP contribution is 2.15. The van der Waals surface area contributed by atoms with Gasteiger partial charge in [0.2, 0.25) is 0 Å². The molecule has 1 aromatic carbocycles. The molecule has 1 heterocycles. The van der Waals surface area contributed by atoms with E-state index in [4.69, 9.17) is 11.6 Å². The first-order valence-electron chi connectivity index (χ1n) is 6.04. The van der Waals surface area contributed by atoms with E-state index in [9.17, 15) is 0 Å². The van der Waals surface area contributed by atoms with E-state index >= 15 is 0 Å². The van der Waals surface area contributed by atoms with Crippen LogP contribution in [0.25, 0.3) is 0 Å². The predicted octanol–water partition coefficient (Wildman–Crippen LogP) is 3.23. The molecule has 1 N–H and O–H groups in total. The standard InChI is InChI=1S/C14H18ClN3/c1-10-5-4-6-12(7-10)11(2)16-9-14-17-8-13(15)18(14)3/h4-8,11,16H,9H2,1-3H3/t11-/m0/s1. The van der Waals surface area contributed by atoms with Gasteiger partial charge in [0.05, 0.1) is 12.7 Å². The Balaban J connectivity index is 2.00. The van der Waals surface area contributed by atoms with Crippen molar-refractivity contribution in [2.75, 3.05) is 0 Å². The summed E-state index contributed by atoms with van der Waals surface area (Å²) in [5, 5.41) is 4.12. The van der Waals surface area contributed by atoms with E-state index in [2.05, 4.69) is 48.4 Å². The number of halogens is 1. The van der Waals surface area contributed by atoms with Crippen LogP contribution in [-0.2, 0) is 13.6 Å². The average Bonchev–Trinajstić information content (AvgIpc) is 2.67. The molecule has 0 fully saturated rings. The summed E-state index contributed by atoms with van der Waals surface area (Å²) in [4.78, 5) is 4.27. The van der Waals surface area contributed by atoms with Gasteiger partial charge in [0.15, 0.2) is 0 Å². The van der Waals surface area contributed by atoms with Crippen molar-refractivity contribution in [1.29, 1.82) is 0 Å². The van der Waals surface area contributed by atoms with E-state index < -0.39 is 0 Å². The Hall–Kier alpha value is -1.32. The lowest BCUT2D eigenvalue weighted by Gasteiger charge is -2.14. The Morgan fingerprint density at radius 3 is 2.83 bits per heavy atom. The van der Waals surface area contributed by atoms with Crippen LogP contribution in [-0.4, -0.2) is 9.55 Å². The van der Waals surface area contributed by atoms with Crippen molar-refractivity contribution in [3.63, 3.8) is 0 Å². The van der Waals surface area contributed by atoms with Crippen molar-refractivity contribution in [2.45, 2.75) is 26.4 Å². The highest BCUT2D eigenvalue weighted by atomic mass is 35.5. The third kappa shape index (κ3) is 2.92. The summed E-state index contributed by atoms with van der Waals surface area (Å²) in [7, 11) is 1.92. The molecule has 0 spiro atoms. The highest BCUT2D eigenvalue weighted by molar-refractivity contribution is 6.29. The minimum Gasteiger partial charge on any atom is -0.321 e. The molecule has 2 rings (SSSR count). The summed E-state index contributed by atoms with van der Waals surface area (Å²) in [6, 6.07) is 8.81. The van der Waals surface area contributed by atoms with E-state index in [0.717, 1.165) is 5.82 Å². The molecule has 0 amide bonds. The average molecular weight is 264 g/mol. The molecule has 1 atom stereocenters. The summed E-state index contributed by atoms with van der Waals surface area (Å²) in [6.45, 7) is 4.96. The first kappa shape index (κ1) is 13.1. The minimum atomic E-state index is 0.292. The molecule has 0 aliphatic rings. The van der Waals surface area contributed by atoms with Crippen LogP contribution in [0, 0.1) is 6.92 Å². The van der Waals surface area contributed by atoms with Crippen molar-refractivity contribution in [3.8, 4) is 0 Å². The Kier molecular flexibility index (Phi) is 4.04. The fraction of sp³-hybridized carbons (Fsp3) is 0.357. The highest BCUT2D eigenvalue weighted by Gasteiger charge is 2.08. The van der Waals surface area contributed by atoms with Gasteiger partial charge in [-0.1, -0.05) is 41.4 Å². The number of aryl methyl sites for hydroxylation is 1. The number of nitrogens with zero attached hydrogens (tertiary/aromatic N) is 2. The van der Waals surface area contributed by atoms with E-state index in [1.54, 1.807) is 6.20 Å². The third-order valence-electron chi connectivity index (χ3n) is 3.14. The van der Waals surface area contributed by atoms with Crippen molar-refractivity contribution >= 4 is 11.6 Å². The summed E-state index contributed by atoms with van der Waals surface area (Å²) >= 11 is 5.96. The summed E-state index contributed by atoms with van der Waals surface area (Å²) < 4.78 is 1.89. The molecule has 0 unspecified atom stereocenters. The number of benzene rings is 1. The normalized spacial score (nSPS) is 12.7. The second kappa shape index (κ2) is 5.55. The summed E-state index contributed by atoms with van der Waals surface area (Å²) in [5.74, 6) is 0.944. The molecule has 1 aromatic heterocycles. The van der Waals surface area contributed by atoms with Crippen molar-refractivity contribution in [3.05, 3.63) is 52.6 Å². The maximum Gasteiger partial charge on any atom is 0.128 e. The molecule has 0 aliphatic carbocycles. The summed E-state index contributed by atoms with van der Waals surface area (Å²) in [5.41, 5.74) is 2.57. The van der Waals surface area contributed by atoms with Gasteiger partial charge in [-0.25, -0.2) is 4.98 Å². The zero-order valence-electron chi connectivity index (χ0n) is 10.9. The Labute approximate surface area is 113 Å². The number of imidazole rings is 1. The first-order chi connectivity index (χ1) is 8.58. The smallest absolute Gasteiger partial charge is 0.128 e. The van der Waals surface area contributed by atoms with Crippen LogP contribution in [0.4, 0.5) is 0 Å². The van der Waals surface area contributed by atoms with Crippen molar-refractivity contribution < 1.29 is 0 Å². The third-order valence-corrected chi connectivity index (χ3v) is 3.49. The lowest BCUT2D eigenvalue weighted by atomic mass is 10.1. The van der Waals surface area contributed by atoms with E-state index in [-0.39, 0.29) is 0 Å². The predicted molar refractivity (Wildman–Crippen MR) is 74.7 cm³/mol. The van der Waals surface area contributed by atoms with Gasteiger partial charge >= 0.3 is 0 Å². The lowest BCUT2D eigenvalue weighted by molar-refractivity contribution is 0.549. The van der Waals surface area contributed by atoms with Crippen LogP contribution in [0.1, 0.15) is 29.9 Å². The van der Waals surface area contributed by atoms with Gasteiger partial charge < -0.3 is 9.88 Å². The van der Waals surface area contributed by atoms with Crippen LogP contribution in [0.5, 0.6) is 0 Å². The van der Waals surface area contributed by atoms with Crippen LogP contribution >= 0.6 is 11.6 Å². The number of rotatable bonds is 4. The Morgan fingerprint density at radius 2 is 2.22 bits per heavy atom. The molecule has 0 bridgehead atoms. The van der Waals surface area contributed by atoms with Crippen LogP contribution < -0.4 is 5.32 Å². The fourth-order valence-electron chi connectivity index (χ4n) is 1.89. The molecule has 0 saturated heterocycles. The monoisotopic (exact) mass is 263 g/mol. The van der Waals surface area contributed by atoms with Gasteiger partial charge in [-0.2, -0.15) is 0 Å².